The maximum absolute atomic E-state index is 5.39. The number of ether oxygens (including phenoxy) is 1. The summed E-state index contributed by atoms with van der Waals surface area (Å²) < 4.78 is 10.7. The van der Waals surface area contributed by atoms with Gasteiger partial charge in [-0.2, -0.15) is 0 Å². The van der Waals surface area contributed by atoms with Crippen LogP contribution in [0.2, 0.25) is 0 Å². The highest BCUT2D eigenvalue weighted by atomic mass is 79.9. The summed E-state index contributed by atoms with van der Waals surface area (Å²) in [6, 6.07) is 5.98. The lowest BCUT2D eigenvalue weighted by Gasteiger charge is -2.04. The van der Waals surface area contributed by atoms with Gasteiger partial charge in [-0.1, -0.05) is 6.07 Å². The number of benzene rings is 1. The number of para-hydroxylation sites is 1. The van der Waals surface area contributed by atoms with Gasteiger partial charge in [-0.25, -0.2) is 4.98 Å². The zero-order valence-corrected chi connectivity index (χ0v) is 13.4. The van der Waals surface area contributed by atoms with Gasteiger partial charge in [0.25, 0.3) is 0 Å². The maximum atomic E-state index is 5.39. The van der Waals surface area contributed by atoms with Gasteiger partial charge in [0.15, 0.2) is 0 Å². The number of nitrogens with zero attached hydrogens (tertiary/aromatic N) is 3. The molecule has 0 fully saturated rings. The van der Waals surface area contributed by atoms with Crippen molar-refractivity contribution in [2.75, 3.05) is 20.7 Å². The third-order valence-electron chi connectivity index (χ3n) is 3.60. The second-order valence-corrected chi connectivity index (χ2v) is 5.48. The molecule has 6 heteroatoms. The number of halogens is 1. The molecule has 0 amide bonds. The van der Waals surface area contributed by atoms with Crippen molar-refractivity contribution in [1.29, 1.82) is 0 Å². The summed E-state index contributed by atoms with van der Waals surface area (Å²) in [6.45, 7) is 0.931. The first-order valence-electron chi connectivity index (χ1n) is 6.51. The average molecular weight is 337 g/mol. The molecule has 2 aromatic heterocycles. The Morgan fingerprint density at radius 2 is 2.20 bits per heavy atom. The van der Waals surface area contributed by atoms with E-state index in [0.29, 0.717) is 0 Å². The van der Waals surface area contributed by atoms with Crippen LogP contribution in [-0.2, 0) is 13.5 Å². The van der Waals surface area contributed by atoms with Gasteiger partial charge >= 0.3 is 0 Å². The van der Waals surface area contributed by atoms with Gasteiger partial charge in [0, 0.05) is 20.0 Å². The van der Waals surface area contributed by atoms with E-state index < -0.39 is 0 Å². The van der Waals surface area contributed by atoms with E-state index in [1.807, 2.05) is 26.2 Å². The molecule has 1 N–H and O–H groups in total. The first-order valence-corrected chi connectivity index (χ1v) is 7.31. The first-order chi connectivity index (χ1) is 9.69. The van der Waals surface area contributed by atoms with Crippen molar-refractivity contribution in [1.82, 2.24) is 19.3 Å². The molecule has 0 atom stereocenters. The molecule has 0 radical (unpaired) electrons. The van der Waals surface area contributed by atoms with Gasteiger partial charge in [0.05, 0.1) is 18.3 Å². The molecule has 1 aromatic carbocycles. The van der Waals surface area contributed by atoms with Crippen LogP contribution in [0.4, 0.5) is 0 Å². The molecule has 0 bridgehead atoms. The number of nitrogens with one attached hydrogen (secondary N) is 1. The molecule has 0 aliphatic carbocycles. The van der Waals surface area contributed by atoms with E-state index in [0.717, 1.165) is 40.1 Å². The molecule has 2 heterocycles. The summed E-state index contributed by atoms with van der Waals surface area (Å²) in [5, 5.41) is 3.18. The first kappa shape index (κ1) is 13.5. The van der Waals surface area contributed by atoms with Crippen LogP contribution in [0.5, 0.6) is 5.75 Å². The van der Waals surface area contributed by atoms with Crippen LogP contribution in [0.1, 0.15) is 5.69 Å². The number of fused-ring (bicyclic) bond motifs is 3. The topological polar surface area (TPSA) is 43.5 Å². The Morgan fingerprint density at radius 3 is 2.90 bits per heavy atom. The number of aryl methyl sites for hydroxylation is 1. The summed E-state index contributed by atoms with van der Waals surface area (Å²) in [5.41, 5.74) is 3.17. The third-order valence-corrected chi connectivity index (χ3v) is 4.41. The van der Waals surface area contributed by atoms with Gasteiger partial charge in [-0.15, -0.1) is 0 Å². The van der Waals surface area contributed by atoms with E-state index in [1.165, 1.54) is 5.69 Å². The molecule has 0 aliphatic heterocycles. The van der Waals surface area contributed by atoms with Crippen molar-refractivity contribution in [3.8, 4) is 5.75 Å². The molecular weight excluding hydrogens is 320 g/mol. The molecule has 0 aliphatic rings. The van der Waals surface area contributed by atoms with E-state index in [2.05, 4.69) is 36.3 Å². The summed E-state index contributed by atoms with van der Waals surface area (Å²) in [6.07, 6.45) is 0.947. The largest absolute Gasteiger partial charge is 0.494 e. The van der Waals surface area contributed by atoms with Gasteiger partial charge in [-0.05, 0) is 35.1 Å². The minimum atomic E-state index is 0.801. The number of imidazole rings is 2. The Hall–Kier alpha value is -1.53. The molecular formula is C14H17BrN4O. The molecule has 0 spiro atoms. The lowest BCUT2D eigenvalue weighted by Crippen LogP contribution is -2.12. The zero-order chi connectivity index (χ0) is 14.3. The molecule has 106 valence electrons. The van der Waals surface area contributed by atoms with Gasteiger partial charge in [0.1, 0.15) is 15.9 Å². The Labute approximate surface area is 125 Å². The number of aromatic nitrogens is 3. The summed E-state index contributed by atoms with van der Waals surface area (Å²) in [4.78, 5) is 4.73. The van der Waals surface area contributed by atoms with Crippen LogP contribution >= 0.6 is 15.9 Å². The maximum Gasteiger partial charge on any atom is 0.216 e. The fourth-order valence-corrected chi connectivity index (χ4v) is 3.36. The average Bonchev–Trinajstić information content (AvgIpc) is 2.95. The standard InChI is InChI=1S/C14H17BrN4O/c1-16-8-7-10-13(15)19-9-5-4-6-11(20-3)12(9)17-14(19)18(10)2/h4-6,16H,7-8H2,1-3H3. The highest BCUT2D eigenvalue weighted by molar-refractivity contribution is 9.10. The zero-order valence-electron chi connectivity index (χ0n) is 11.8. The lowest BCUT2D eigenvalue weighted by molar-refractivity contribution is 0.419. The molecule has 5 nitrogen and oxygen atoms in total. The predicted octanol–water partition coefficient (Wildman–Crippen LogP) is 2.36. The van der Waals surface area contributed by atoms with Crippen molar-refractivity contribution < 1.29 is 4.74 Å². The number of rotatable bonds is 4. The molecule has 3 aromatic rings. The van der Waals surface area contributed by atoms with E-state index in [4.69, 9.17) is 9.72 Å². The van der Waals surface area contributed by atoms with Crippen LogP contribution in [0.3, 0.4) is 0 Å². The highest BCUT2D eigenvalue weighted by Crippen LogP contribution is 2.31. The minimum absolute atomic E-state index is 0.801. The lowest BCUT2D eigenvalue weighted by atomic mass is 10.3. The Morgan fingerprint density at radius 1 is 1.40 bits per heavy atom. The van der Waals surface area contributed by atoms with Crippen molar-refractivity contribution in [3.05, 3.63) is 28.5 Å². The Balaban J connectivity index is 2.30. The monoisotopic (exact) mass is 336 g/mol. The van der Waals surface area contributed by atoms with Gasteiger partial charge in [-0.3, -0.25) is 4.40 Å². The molecule has 0 unspecified atom stereocenters. The van der Waals surface area contributed by atoms with E-state index in [1.54, 1.807) is 7.11 Å². The molecule has 0 saturated heterocycles. The number of methoxy groups -OCH3 is 1. The van der Waals surface area contributed by atoms with Crippen molar-refractivity contribution in [2.45, 2.75) is 6.42 Å². The van der Waals surface area contributed by atoms with E-state index in [9.17, 15) is 0 Å². The van der Waals surface area contributed by atoms with Gasteiger partial charge in [0.2, 0.25) is 5.78 Å². The predicted molar refractivity (Wildman–Crippen MR) is 83.6 cm³/mol. The number of likely N-dealkylation sites (N-methyl/N-ethyl adjacent to an activating group) is 1. The van der Waals surface area contributed by atoms with Crippen LogP contribution in [0, 0.1) is 0 Å². The third kappa shape index (κ3) is 1.83. The van der Waals surface area contributed by atoms with Crippen LogP contribution < -0.4 is 10.1 Å². The Bertz CT molecular complexity index is 775. The smallest absolute Gasteiger partial charge is 0.216 e. The summed E-state index contributed by atoms with van der Waals surface area (Å²) >= 11 is 3.71. The van der Waals surface area contributed by atoms with Crippen LogP contribution in [0.15, 0.2) is 22.8 Å². The Kier molecular flexibility index (Phi) is 3.43. The molecule has 20 heavy (non-hydrogen) atoms. The van der Waals surface area contributed by atoms with Gasteiger partial charge < -0.3 is 14.6 Å². The van der Waals surface area contributed by atoms with E-state index >= 15 is 0 Å². The summed E-state index contributed by atoms with van der Waals surface area (Å²) in [7, 11) is 5.68. The van der Waals surface area contributed by atoms with Crippen molar-refractivity contribution in [3.63, 3.8) is 0 Å². The number of hydrogen-bond acceptors (Lipinski definition) is 3. The SMILES string of the molecule is CNCCc1c(Br)n2c3cccc(OC)c3nc2n1C. The molecule has 3 rings (SSSR count). The minimum Gasteiger partial charge on any atom is -0.494 e. The van der Waals surface area contributed by atoms with Crippen molar-refractivity contribution >= 4 is 32.7 Å². The van der Waals surface area contributed by atoms with E-state index in [-0.39, 0.29) is 0 Å². The van der Waals surface area contributed by atoms with Crippen LogP contribution in [0.25, 0.3) is 16.8 Å². The van der Waals surface area contributed by atoms with Crippen LogP contribution in [-0.4, -0.2) is 34.7 Å². The normalized spacial score (nSPS) is 11.6. The quantitative estimate of drug-likeness (QED) is 0.795. The number of hydrogen-bond donors (Lipinski definition) is 1. The second-order valence-electron chi connectivity index (χ2n) is 4.73. The molecule has 0 saturated carbocycles. The van der Waals surface area contributed by atoms with Crippen molar-refractivity contribution in [2.24, 2.45) is 7.05 Å². The highest BCUT2D eigenvalue weighted by Gasteiger charge is 2.18. The summed E-state index contributed by atoms with van der Waals surface area (Å²) in [5.74, 6) is 1.72. The fraction of sp³-hybridized carbons (Fsp3) is 0.357. The fourth-order valence-electron chi connectivity index (χ4n) is 2.55. The second kappa shape index (κ2) is 5.10.